The fourth-order valence-electron chi connectivity index (χ4n) is 2.58. The number of ether oxygens (including phenoxy) is 1. The molecule has 1 aromatic carbocycles. The van der Waals surface area contributed by atoms with Crippen molar-refractivity contribution < 1.29 is 14.3 Å². The zero-order chi connectivity index (χ0) is 20.8. The maximum absolute atomic E-state index is 11.9. The quantitative estimate of drug-likeness (QED) is 0.155. The summed E-state index contributed by atoms with van der Waals surface area (Å²) in [7, 11) is 4.91. The Labute approximate surface area is 191 Å². The van der Waals surface area contributed by atoms with E-state index < -0.39 is 0 Å². The van der Waals surface area contributed by atoms with E-state index in [9.17, 15) is 9.59 Å². The van der Waals surface area contributed by atoms with Crippen LogP contribution in [0.25, 0.3) is 0 Å². The largest absolute Gasteiger partial charge is 0.469 e. The predicted molar refractivity (Wildman–Crippen MR) is 128 cm³/mol. The zero-order valence-corrected chi connectivity index (χ0v) is 20.3. The van der Waals surface area contributed by atoms with Crippen LogP contribution in [0.5, 0.6) is 0 Å². The number of unbranched alkanes of at least 4 members (excludes halogenated alkanes) is 3. The van der Waals surface area contributed by atoms with E-state index in [0.29, 0.717) is 18.5 Å². The highest BCUT2D eigenvalue weighted by atomic mass is 127. The van der Waals surface area contributed by atoms with E-state index in [0.717, 1.165) is 50.3 Å². The molecule has 29 heavy (non-hydrogen) atoms. The maximum Gasteiger partial charge on any atom is 0.305 e. The second kappa shape index (κ2) is 16.0. The van der Waals surface area contributed by atoms with Gasteiger partial charge < -0.3 is 20.3 Å². The average Bonchev–Trinajstić information content (AvgIpc) is 2.70. The van der Waals surface area contributed by atoms with Gasteiger partial charge in [0.25, 0.3) is 5.91 Å². The number of rotatable bonds is 11. The number of aliphatic imine (C=N–C) groups is 1. The minimum Gasteiger partial charge on any atom is -0.469 e. The molecule has 1 rings (SSSR count). The van der Waals surface area contributed by atoms with Crippen LogP contribution in [-0.4, -0.2) is 57.0 Å². The van der Waals surface area contributed by atoms with Gasteiger partial charge >= 0.3 is 5.97 Å². The van der Waals surface area contributed by atoms with Gasteiger partial charge in [0.1, 0.15) is 0 Å². The van der Waals surface area contributed by atoms with Crippen LogP contribution in [0, 0.1) is 0 Å². The maximum atomic E-state index is 11.9. The molecule has 0 bridgehead atoms. The highest BCUT2D eigenvalue weighted by molar-refractivity contribution is 14.0. The summed E-state index contributed by atoms with van der Waals surface area (Å²) < 4.78 is 4.63. The van der Waals surface area contributed by atoms with E-state index in [1.54, 1.807) is 19.0 Å². The first-order valence-corrected chi connectivity index (χ1v) is 9.87. The van der Waals surface area contributed by atoms with Gasteiger partial charge in [0, 0.05) is 39.2 Å². The number of nitrogens with zero attached hydrogens (tertiary/aromatic N) is 2. The number of halogens is 1. The van der Waals surface area contributed by atoms with Gasteiger partial charge in [0.2, 0.25) is 0 Å². The Balaban J connectivity index is 0.00000784. The molecule has 0 atom stereocenters. The van der Waals surface area contributed by atoms with Gasteiger partial charge in [-0.25, -0.2) is 4.99 Å². The van der Waals surface area contributed by atoms with Gasteiger partial charge in [0.05, 0.1) is 13.7 Å². The predicted octanol–water partition coefficient (Wildman–Crippen LogP) is 3.19. The van der Waals surface area contributed by atoms with E-state index in [1.807, 2.05) is 31.2 Å². The summed E-state index contributed by atoms with van der Waals surface area (Å²) in [5.74, 6) is 0.640. The lowest BCUT2D eigenvalue weighted by molar-refractivity contribution is -0.140. The Morgan fingerprint density at radius 3 is 2.28 bits per heavy atom. The minimum absolute atomic E-state index is 0. The van der Waals surface area contributed by atoms with E-state index in [-0.39, 0.29) is 35.9 Å². The van der Waals surface area contributed by atoms with Crippen LogP contribution >= 0.6 is 24.0 Å². The molecule has 8 heteroatoms. The number of nitrogens with one attached hydrogen (secondary N) is 2. The van der Waals surface area contributed by atoms with Crippen molar-refractivity contribution in [1.29, 1.82) is 0 Å². The fourth-order valence-corrected chi connectivity index (χ4v) is 2.58. The normalized spacial score (nSPS) is 10.7. The molecule has 0 spiro atoms. The second-order valence-corrected chi connectivity index (χ2v) is 6.76. The molecule has 0 aliphatic rings. The van der Waals surface area contributed by atoms with Crippen molar-refractivity contribution in [3.63, 3.8) is 0 Å². The van der Waals surface area contributed by atoms with E-state index in [2.05, 4.69) is 20.4 Å². The monoisotopic (exact) mass is 518 g/mol. The highest BCUT2D eigenvalue weighted by Crippen LogP contribution is 2.07. The molecule has 0 aliphatic carbocycles. The summed E-state index contributed by atoms with van der Waals surface area (Å²) in [4.78, 5) is 29.1. The molecule has 0 unspecified atom stereocenters. The van der Waals surface area contributed by atoms with Gasteiger partial charge in [-0.1, -0.05) is 25.0 Å². The van der Waals surface area contributed by atoms with Gasteiger partial charge in [-0.3, -0.25) is 9.59 Å². The minimum atomic E-state index is -0.140. The molecule has 164 valence electrons. The number of guanidine groups is 1. The van der Waals surface area contributed by atoms with Crippen LogP contribution in [0.15, 0.2) is 29.3 Å². The Hall–Kier alpha value is -1.84. The van der Waals surface area contributed by atoms with Crippen LogP contribution in [0.3, 0.4) is 0 Å². The Morgan fingerprint density at radius 1 is 1.03 bits per heavy atom. The van der Waals surface area contributed by atoms with Gasteiger partial charge in [-0.05, 0) is 37.5 Å². The number of hydrogen-bond acceptors (Lipinski definition) is 4. The smallest absolute Gasteiger partial charge is 0.305 e. The molecule has 1 amide bonds. The topological polar surface area (TPSA) is 83.0 Å². The van der Waals surface area contributed by atoms with E-state index >= 15 is 0 Å². The average molecular weight is 518 g/mol. The number of methoxy groups -OCH3 is 1. The Morgan fingerprint density at radius 2 is 1.69 bits per heavy atom. The van der Waals surface area contributed by atoms with Crippen LogP contribution < -0.4 is 10.6 Å². The van der Waals surface area contributed by atoms with Crippen LogP contribution in [0.2, 0.25) is 0 Å². The Kier molecular flexibility index (Phi) is 15.0. The van der Waals surface area contributed by atoms with Crippen molar-refractivity contribution in [2.45, 2.75) is 45.6 Å². The van der Waals surface area contributed by atoms with Gasteiger partial charge in [-0.2, -0.15) is 0 Å². The lowest BCUT2D eigenvalue weighted by Gasteiger charge is -2.12. The first kappa shape index (κ1) is 27.2. The van der Waals surface area contributed by atoms with Crippen molar-refractivity contribution in [1.82, 2.24) is 15.5 Å². The molecule has 0 fully saturated rings. The molecule has 0 saturated carbocycles. The molecular weight excluding hydrogens is 483 g/mol. The van der Waals surface area contributed by atoms with Gasteiger partial charge in [0.15, 0.2) is 5.96 Å². The summed E-state index contributed by atoms with van der Waals surface area (Å²) in [5, 5.41) is 6.57. The molecule has 0 saturated heterocycles. The standard InChI is InChI=1S/C21H34N4O3.HI/c1-5-22-21(23-15-9-7-6-8-10-19(26)28-4)24-16-17-11-13-18(14-12-17)20(27)25(2)3;/h11-14H,5-10,15-16H2,1-4H3,(H2,22,23,24);1H. The van der Waals surface area contributed by atoms with Crippen molar-refractivity contribution in [3.05, 3.63) is 35.4 Å². The number of hydrogen-bond donors (Lipinski definition) is 2. The molecule has 1 aromatic rings. The lowest BCUT2D eigenvalue weighted by Crippen LogP contribution is -2.37. The van der Waals surface area contributed by atoms with Crippen LogP contribution in [0.1, 0.15) is 54.9 Å². The van der Waals surface area contributed by atoms with Crippen molar-refractivity contribution in [2.75, 3.05) is 34.3 Å². The van der Waals surface area contributed by atoms with Crippen molar-refractivity contribution in [2.24, 2.45) is 4.99 Å². The SMILES string of the molecule is CCNC(=NCc1ccc(C(=O)N(C)C)cc1)NCCCCCCC(=O)OC.I. The fraction of sp³-hybridized carbons (Fsp3) is 0.571. The first-order valence-electron chi connectivity index (χ1n) is 9.87. The molecule has 0 aliphatic heterocycles. The number of benzene rings is 1. The molecule has 0 aromatic heterocycles. The van der Waals surface area contributed by atoms with E-state index in [4.69, 9.17) is 0 Å². The summed E-state index contributed by atoms with van der Waals surface area (Å²) in [6, 6.07) is 7.54. The van der Waals surface area contributed by atoms with Crippen LogP contribution in [-0.2, 0) is 16.1 Å². The number of amides is 1. The molecule has 0 radical (unpaired) electrons. The third-order valence-corrected chi connectivity index (χ3v) is 4.20. The summed E-state index contributed by atoms with van der Waals surface area (Å²) in [5.41, 5.74) is 1.73. The summed E-state index contributed by atoms with van der Waals surface area (Å²) in [6.45, 7) is 4.21. The molecule has 2 N–H and O–H groups in total. The summed E-state index contributed by atoms with van der Waals surface area (Å²) >= 11 is 0. The molecule has 7 nitrogen and oxygen atoms in total. The third kappa shape index (κ3) is 11.7. The zero-order valence-electron chi connectivity index (χ0n) is 18.0. The number of esters is 1. The van der Waals surface area contributed by atoms with Crippen molar-refractivity contribution in [3.8, 4) is 0 Å². The summed E-state index contributed by atoms with van der Waals surface area (Å²) in [6.07, 6.45) is 4.46. The second-order valence-electron chi connectivity index (χ2n) is 6.76. The third-order valence-electron chi connectivity index (χ3n) is 4.20. The highest BCUT2D eigenvalue weighted by Gasteiger charge is 2.07. The first-order chi connectivity index (χ1) is 13.5. The van der Waals surface area contributed by atoms with Gasteiger partial charge in [-0.15, -0.1) is 24.0 Å². The molecular formula is C21H35IN4O3. The lowest BCUT2D eigenvalue weighted by atomic mass is 10.1. The number of carbonyl (C=O) groups is 2. The number of carbonyl (C=O) groups excluding carboxylic acids is 2. The van der Waals surface area contributed by atoms with E-state index in [1.165, 1.54) is 7.11 Å². The van der Waals surface area contributed by atoms with Crippen LogP contribution in [0.4, 0.5) is 0 Å². The Bertz CT molecular complexity index is 633. The molecule has 0 heterocycles. The van der Waals surface area contributed by atoms with Crippen molar-refractivity contribution >= 4 is 41.8 Å².